The summed E-state index contributed by atoms with van der Waals surface area (Å²) in [5.41, 5.74) is 1.94. The first-order chi connectivity index (χ1) is 9.31. The fraction of sp³-hybridized carbons (Fsp3) is 0.462. The second kappa shape index (κ2) is 6.84. The van der Waals surface area contributed by atoms with E-state index in [4.69, 9.17) is 9.84 Å². The highest BCUT2D eigenvalue weighted by atomic mass is 16.5. The third-order valence-corrected chi connectivity index (χ3v) is 2.85. The highest BCUT2D eigenvalue weighted by molar-refractivity contribution is 5.93. The Kier molecular flexibility index (Phi) is 4.85. The molecule has 0 aliphatic rings. The summed E-state index contributed by atoms with van der Waals surface area (Å²) in [6.45, 7) is 0.627. The maximum Gasteiger partial charge on any atom is 0.338 e. The van der Waals surface area contributed by atoms with Crippen LogP contribution >= 0.6 is 0 Å². The lowest BCUT2D eigenvalue weighted by Gasteiger charge is -2.04. The number of hydrogen-bond donors (Lipinski definition) is 2. The highest BCUT2D eigenvalue weighted by Gasteiger charge is 2.08. The molecule has 0 spiro atoms. The number of nitrogens with one attached hydrogen (secondary N) is 1. The Balaban J connectivity index is 1.79. The van der Waals surface area contributed by atoms with Gasteiger partial charge in [0.1, 0.15) is 5.52 Å². The van der Waals surface area contributed by atoms with E-state index in [1.54, 1.807) is 18.2 Å². The van der Waals surface area contributed by atoms with Gasteiger partial charge < -0.3 is 9.84 Å². The Hall–Kier alpha value is -1.95. The van der Waals surface area contributed by atoms with Gasteiger partial charge in [0.25, 0.3) is 0 Å². The molecular weight excluding hydrogens is 246 g/mol. The lowest BCUT2D eigenvalue weighted by Crippen LogP contribution is -2.06. The number of fused-ring (bicyclic) bond motifs is 1. The molecule has 2 rings (SSSR count). The van der Waals surface area contributed by atoms with Crippen molar-refractivity contribution in [3.05, 3.63) is 23.8 Å². The zero-order valence-electron chi connectivity index (χ0n) is 10.6. The second-order valence-electron chi connectivity index (χ2n) is 4.32. The molecule has 6 heteroatoms. The van der Waals surface area contributed by atoms with Gasteiger partial charge in [-0.1, -0.05) is 11.6 Å². The minimum atomic E-state index is -0.335. The molecule has 0 aliphatic heterocycles. The normalized spacial score (nSPS) is 10.8. The molecule has 2 aromatic rings. The number of aromatic nitrogens is 3. The van der Waals surface area contributed by atoms with Crippen LogP contribution in [0.15, 0.2) is 18.2 Å². The van der Waals surface area contributed by atoms with Crippen molar-refractivity contribution in [1.29, 1.82) is 0 Å². The number of unbranched alkanes of at least 4 members (excludes halogenated alkanes) is 3. The molecule has 6 nitrogen and oxygen atoms in total. The molecule has 0 aliphatic carbocycles. The molecule has 1 aromatic heterocycles. The first-order valence-corrected chi connectivity index (χ1v) is 6.40. The van der Waals surface area contributed by atoms with Gasteiger partial charge in [0, 0.05) is 6.61 Å². The third-order valence-electron chi connectivity index (χ3n) is 2.85. The van der Waals surface area contributed by atoms with E-state index in [-0.39, 0.29) is 12.6 Å². The van der Waals surface area contributed by atoms with Gasteiger partial charge in [-0.2, -0.15) is 0 Å². The minimum absolute atomic E-state index is 0.220. The monoisotopic (exact) mass is 263 g/mol. The Labute approximate surface area is 110 Å². The zero-order valence-corrected chi connectivity index (χ0v) is 10.6. The van der Waals surface area contributed by atoms with Crippen molar-refractivity contribution >= 4 is 17.0 Å². The SMILES string of the molecule is O=C(OCCCCCCO)c1ccc2nn[nH]c2c1. The van der Waals surface area contributed by atoms with E-state index < -0.39 is 0 Å². The largest absolute Gasteiger partial charge is 0.462 e. The Bertz CT molecular complexity index is 539. The van der Waals surface area contributed by atoms with Gasteiger partial charge >= 0.3 is 5.97 Å². The smallest absolute Gasteiger partial charge is 0.338 e. The van der Waals surface area contributed by atoms with Gasteiger partial charge in [-0.25, -0.2) is 4.79 Å². The summed E-state index contributed by atoms with van der Waals surface area (Å²) in [6.07, 6.45) is 3.54. The number of esters is 1. The molecule has 1 aromatic carbocycles. The third kappa shape index (κ3) is 3.75. The molecule has 0 fully saturated rings. The number of benzene rings is 1. The Morgan fingerprint density at radius 2 is 2.11 bits per heavy atom. The lowest BCUT2D eigenvalue weighted by molar-refractivity contribution is 0.0497. The number of ether oxygens (including phenoxy) is 1. The fourth-order valence-corrected chi connectivity index (χ4v) is 1.79. The number of H-pyrrole nitrogens is 1. The molecule has 19 heavy (non-hydrogen) atoms. The molecular formula is C13H17N3O3. The maximum atomic E-state index is 11.8. The molecule has 0 radical (unpaired) electrons. The van der Waals surface area contributed by atoms with Crippen molar-refractivity contribution in [2.75, 3.05) is 13.2 Å². The summed E-state index contributed by atoms with van der Waals surface area (Å²) >= 11 is 0. The second-order valence-corrected chi connectivity index (χ2v) is 4.32. The standard InChI is InChI=1S/C13H17N3O3/c17-7-3-1-2-4-8-19-13(18)10-5-6-11-12(9-10)15-16-14-11/h5-6,9,17H,1-4,7-8H2,(H,14,15,16). The quantitative estimate of drug-likeness (QED) is 0.586. The highest BCUT2D eigenvalue weighted by Crippen LogP contribution is 2.11. The van der Waals surface area contributed by atoms with E-state index in [1.165, 1.54) is 0 Å². The number of hydrogen-bond acceptors (Lipinski definition) is 5. The van der Waals surface area contributed by atoms with E-state index in [0.717, 1.165) is 36.7 Å². The van der Waals surface area contributed by atoms with Gasteiger partial charge in [-0.3, -0.25) is 5.10 Å². The first kappa shape index (κ1) is 13.5. The molecule has 1 heterocycles. The Morgan fingerprint density at radius 3 is 2.95 bits per heavy atom. The van der Waals surface area contributed by atoms with Gasteiger partial charge in [-0.05, 0) is 37.5 Å². The van der Waals surface area contributed by atoms with Crippen LogP contribution in [0.4, 0.5) is 0 Å². The van der Waals surface area contributed by atoms with Crippen LogP contribution in [-0.4, -0.2) is 39.7 Å². The fourth-order valence-electron chi connectivity index (χ4n) is 1.79. The molecule has 0 unspecified atom stereocenters. The van der Waals surface area contributed by atoms with Crippen LogP contribution in [0.25, 0.3) is 11.0 Å². The van der Waals surface area contributed by atoms with E-state index in [9.17, 15) is 4.79 Å². The molecule has 0 saturated heterocycles. The van der Waals surface area contributed by atoms with E-state index in [1.807, 2.05) is 0 Å². The topological polar surface area (TPSA) is 88.1 Å². The summed E-state index contributed by atoms with van der Waals surface area (Å²) in [5.74, 6) is -0.335. The van der Waals surface area contributed by atoms with Crippen LogP contribution in [0.1, 0.15) is 36.0 Å². The molecule has 2 N–H and O–H groups in total. The van der Waals surface area contributed by atoms with E-state index in [0.29, 0.717) is 12.2 Å². The molecule has 0 amide bonds. The zero-order chi connectivity index (χ0) is 13.5. The van der Waals surface area contributed by atoms with Crippen LogP contribution in [0.2, 0.25) is 0 Å². The number of carbonyl (C=O) groups excluding carboxylic acids is 1. The lowest BCUT2D eigenvalue weighted by atomic mass is 10.2. The summed E-state index contributed by atoms with van der Waals surface area (Å²) in [5, 5.41) is 18.8. The number of aliphatic hydroxyl groups is 1. The molecule has 0 bridgehead atoms. The first-order valence-electron chi connectivity index (χ1n) is 6.40. The number of nitrogens with zero attached hydrogens (tertiary/aromatic N) is 2. The van der Waals surface area contributed by atoms with Crippen molar-refractivity contribution in [3.63, 3.8) is 0 Å². The van der Waals surface area contributed by atoms with Gasteiger partial charge in [0.2, 0.25) is 0 Å². The number of aromatic amines is 1. The number of aliphatic hydroxyl groups excluding tert-OH is 1. The predicted molar refractivity (Wildman–Crippen MR) is 69.7 cm³/mol. The van der Waals surface area contributed by atoms with E-state index in [2.05, 4.69) is 15.4 Å². The van der Waals surface area contributed by atoms with Crippen LogP contribution in [0, 0.1) is 0 Å². The van der Waals surface area contributed by atoms with Gasteiger partial charge in [0.05, 0.1) is 17.7 Å². The Morgan fingerprint density at radius 1 is 1.26 bits per heavy atom. The van der Waals surface area contributed by atoms with Gasteiger partial charge in [0.15, 0.2) is 0 Å². The predicted octanol–water partition coefficient (Wildman–Crippen LogP) is 1.67. The molecule has 0 atom stereocenters. The summed E-state index contributed by atoms with van der Waals surface area (Å²) in [7, 11) is 0. The molecule has 0 saturated carbocycles. The number of rotatable bonds is 7. The van der Waals surface area contributed by atoms with Crippen molar-refractivity contribution in [1.82, 2.24) is 15.4 Å². The van der Waals surface area contributed by atoms with Gasteiger partial charge in [-0.15, -0.1) is 5.10 Å². The summed E-state index contributed by atoms with van der Waals surface area (Å²) in [6, 6.07) is 5.10. The minimum Gasteiger partial charge on any atom is -0.462 e. The average Bonchev–Trinajstić information content (AvgIpc) is 2.89. The maximum absolute atomic E-state index is 11.8. The van der Waals surface area contributed by atoms with Crippen LogP contribution < -0.4 is 0 Å². The van der Waals surface area contributed by atoms with Crippen LogP contribution in [-0.2, 0) is 4.74 Å². The summed E-state index contributed by atoms with van der Waals surface area (Å²) in [4.78, 5) is 11.8. The van der Waals surface area contributed by atoms with Crippen molar-refractivity contribution in [2.24, 2.45) is 0 Å². The average molecular weight is 263 g/mol. The van der Waals surface area contributed by atoms with Crippen molar-refractivity contribution < 1.29 is 14.6 Å². The van der Waals surface area contributed by atoms with Crippen LogP contribution in [0.5, 0.6) is 0 Å². The molecule has 102 valence electrons. The van der Waals surface area contributed by atoms with Crippen molar-refractivity contribution in [3.8, 4) is 0 Å². The number of carbonyl (C=O) groups is 1. The van der Waals surface area contributed by atoms with E-state index >= 15 is 0 Å². The van der Waals surface area contributed by atoms with Crippen LogP contribution in [0.3, 0.4) is 0 Å². The summed E-state index contributed by atoms with van der Waals surface area (Å²) < 4.78 is 5.18. The van der Waals surface area contributed by atoms with Crippen molar-refractivity contribution in [2.45, 2.75) is 25.7 Å².